The molecule has 0 bridgehead atoms. The van der Waals surface area contributed by atoms with E-state index in [1.165, 1.54) is 4.88 Å². The summed E-state index contributed by atoms with van der Waals surface area (Å²) in [5.74, 6) is 0.0986. The largest absolute Gasteiger partial charge is 0.392 e. The van der Waals surface area contributed by atoms with Crippen molar-refractivity contribution in [2.45, 2.75) is 32.3 Å². The van der Waals surface area contributed by atoms with E-state index in [9.17, 15) is 9.90 Å². The summed E-state index contributed by atoms with van der Waals surface area (Å²) in [7, 11) is 1.73. The van der Waals surface area contributed by atoms with E-state index in [0.717, 1.165) is 16.6 Å². The Morgan fingerprint density at radius 2 is 2.29 bits per heavy atom. The fourth-order valence-electron chi connectivity index (χ4n) is 1.59. The number of nitrogens with zero attached hydrogens (tertiary/aromatic N) is 1. The highest BCUT2D eigenvalue weighted by molar-refractivity contribution is 9.11. The van der Waals surface area contributed by atoms with Crippen LogP contribution in [0.3, 0.4) is 0 Å². The van der Waals surface area contributed by atoms with Crippen LogP contribution >= 0.6 is 27.3 Å². The maximum Gasteiger partial charge on any atom is 0.222 e. The van der Waals surface area contributed by atoms with Crippen LogP contribution in [0, 0.1) is 0 Å². The molecule has 0 saturated carbocycles. The van der Waals surface area contributed by atoms with Gasteiger partial charge in [0.1, 0.15) is 0 Å². The minimum Gasteiger partial charge on any atom is -0.392 e. The molecule has 0 aliphatic carbocycles. The van der Waals surface area contributed by atoms with Crippen molar-refractivity contribution in [3.05, 3.63) is 20.8 Å². The van der Waals surface area contributed by atoms with Crippen molar-refractivity contribution < 1.29 is 9.90 Å². The highest BCUT2D eigenvalue weighted by atomic mass is 79.9. The molecular formula is C12H18BrNO2S. The molecule has 0 spiro atoms. The number of halogens is 1. The van der Waals surface area contributed by atoms with E-state index in [4.69, 9.17) is 0 Å². The number of carbonyl (C=O) groups excluding carboxylic acids is 1. The fraction of sp³-hybridized carbons (Fsp3) is 0.583. The summed E-state index contributed by atoms with van der Waals surface area (Å²) in [5, 5.41) is 9.18. The average molecular weight is 320 g/mol. The molecule has 1 unspecified atom stereocenters. The van der Waals surface area contributed by atoms with Crippen molar-refractivity contribution in [2.24, 2.45) is 0 Å². The molecule has 1 N–H and O–H groups in total. The SMILES string of the molecule is CC(O)CN(C)C(=O)CCCc1ccc(Br)s1. The minimum atomic E-state index is -0.461. The molecule has 0 saturated heterocycles. The third kappa shape index (κ3) is 5.66. The molecule has 0 fully saturated rings. The lowest BCUT2D eigenvalue weighted by Gasteiger charge is -2.18. The first-order chi connectivity index (χ1) is 7.99. The van der Waals surface area contributed by atoms with Gasteiger partial charge in [-0.1, -0.05) is 0 Å². The summed E-state index contributed by atoms with van der Waals surface area (Å²) >= 11 is 5.13. The number of carbonyl (C=O) groups is 1. The van der Waals surface area contributed by atoms with Gasteiger partial charge in [0, 0.05) is 24.9 Å². The lowest BCUT2D eigenvalue weighted by atomic mass is 10.2. The number of likely N-dealkylation sites (N-methyl/N-ethyl adjacent to an activating group) is 1. The first kappa shape index (κ1) is 14.7. The summed E-state index contributed by atoms with van der Waals surface area (Å²) in [6, 6.07) is 4.11. The number of aliphatic hydroxyl groups excluding tert-OH is 1. The Morgan fingerprint density at radius 3 is 2.82 bits per heavy atom. The highest BCUT2D eigenvalue weighted by Crippen LogP contribution is 2.23. The summed E-state index contributed by atoms with van der Waals surface area (Å²) in [6.45, 7) is 2.09. The predicted molar refractivity (Wildman–Crippen MR) is 74.3 cm³/mol. The number of hydrogen-bond donors (Lipinski definition) is 1. The summed E-state index contributed by atoms with van der Waals surface area (Å²) in [5.41, 5.74) is 0. The topological polar surface area (TPSA) is 40.5 Å². The second-order valence-corrected chi connectivity index (χ2v) is 6.73. The van der Waals surface area contributed by atoms with Crippen LogP contribution in [-0.2, 0) is 11.2 Å². The van der Waals surface area contributed by atoms with Gasteiger partial charge in [0.25, 0.3) is 0 Å². The zero-order valence-electron chi connectivity index (χ0n) is 10.1. The molecule has 0 radical (unpaired) electrons. The molecule has 1 aromatic heterocycles. The molecule has 1 rings (SSSR count). The molecule has 1 heterocycles. The van der Waals surface area contributed by atoms with E-state index < -0.39 is 6.10 Å². The van der Waals surface area contributed by atoms with Crippen LogP contribution in [0.2, 0.25) is 0 Å². The van der Waals surface area contributed by atoms with Crippen molar-refractivity contribution in [3.8, 4) is 0 Å². The van der Waals surface area contributed by atoms with Crippen LogP contribution in [-0.4, -0.2) is 35.6 Å². The van der Waals surface area contributed by atoms with Crippen molar-refractivity contribution in [1.82, 2.24) is 4.90 Å². The number of thiophene rings is 1. The van der Waals surface area contributed by atoms with Gasteiger partial charge in [-0.2, -0.15) is 0 Å². The first-order valence-electron chi connectivity index (χ1n) is 5.65. The zero-order chi connectivity index (χ0) is 12.8. The second-order valence-electron chi connectivity index (χ2n) is 4.18. The first-order valence-corrected chi connectivity index (χ1v) is 7.26. The van der Waals surface area contributed by atoms with E-state index in [1.54, 1.807) is 30.2 Å². The summed E-state index contributed by atoms with van der Waals surface area (Å²) < 4.78 is 1.13. The number of rotatable bonds is 6. The van der Waals surface area contributed by atoms with E-state index in [2.05, 4.69) is 22.0 Å². The van der Waals surface area contributed by atoms with Gasteiger partial charge in [0.05, 0.1) is 9.89 Å². The third-order valence-electron chi connectivity index (χ3n) is 2.41. The zero-order valence-corrected chi connectivity index (χ0v) is 12.6. The quantitative estimate of drug-likeness (QED) is 0.875. The summed E-state index contributed by atoms with van der Waals surface area (Å²) in [6.07, 6.45) is 1.87. The van der Waals surface area contributed by atoms with E-state index in [0.29, 0.717) is 13.0 Å². The Kier molecular flexibility index (Phi) is 6.16. The van der Waals surface area contributed by atoms with Gasteiger partial charge in [0.15, 0.2) is 0 Å². The Balaban J connectivity index is 2.24. The van der Waals surface area contributed by atoms with E-state index >= 15 is 0 Å². The van der Waals surface area contributed by atoms with Gasteiger partial charge >= 0.3 is 0 Å². The van der Waals surface area contributed by atoms with Crippen molar-refractivity contribution >= 4 is 33.2 Å². The monoisotopic (exact) mass is 319 g/mol. The van der Waals surface area contributed by atoms with Gasteiger partial charge in [-0.25, -0.2) is 0 Å². The number of aryl methyl sites for hydroxylation is 1. The molecule has 1 amide bonds. The predicted octanol–water partition coefficient (Wildman–Crippen LogP) is 2.67. The average Bonchev–Trinajstić information content (AvgIpc) is 2.63. The molecule has 0 aliphatic rings. The molecule has 0 aromatic carbocycles. The molecule has 1 aromatic rings. The van der Waals surface area contributed by atoms with Gasteiger partial charge in [-0.3, -0.25) is 4.79 Å². The molecule has 3 nitrogen and oxygen atoms in total. The molecule has 0 aliphatic heterocycles. The van der Waals surface area contributed by atoms with Crippen LogP contribution in [0.15, 0.2) is 15.9 Å². The van der Waals surface area contributed by atoms with Crippen molar-refractivity contribution in [2.75, 3.05) is 13.6 Å². The standard InChI is InChI=1S/C12H18BrNO2S/c1-9(15)8-14(2)12(16)5-3-4-10-6-7-11(13)17-10/h6-7,9,15H,3-5,8H2,1-2H3. The van der Waals surface area contributed by atoms with Crippen LogP contribution in [0.25, 0.3) is 0 Å². The number of amides is 1. The third-order valence-corrected chi connectivity index (χ3v) is 4.09. The lowest BCUT2D eigenvalue weighted by Crippen LogP contribution is -2.32. The Bertz CT molecular complexity index is 365. The van der Waals surface area contributed by atoms with Crippen LogP contribution in [0.1, 0.15) is 24.6 Å². The Hall–Kier alpha value is -0.390. The highest BCUT2D eigenvalue weighted by Gasteiger charge is 2.10. The van der Waals surface area contributed by atoms with Crippen LogP contribution in [0.5, 0.6) is 0 Å². The maximum absolute atomic E-state index is 11.7. The maximum atomic E-state index is 11.7. The minimum absolute atomic E-state index is 0.0986. The smallest absolute Gasteiger partial charge is 0.222 e. The lowest BCUT2D eigenvalue weighted by molar-refractivity contribution is -0.131. The fourth-order valence-corrected chi connectivity index (χ4v) is 3.11. The molecule has 1 atom stereocenters. The van der Waals surface area contributed by atoms with Crippen molar-refractivity contribution in [3.63, 3.8) is 0 Å². The van der Waals surface area contributed by atoms with Gasteiger partial charge in [-0.05, 0) is 47.8 Å². The molecule has 17 heavy (non-hydrogen) atoms. The van der Waals surface area contributed by atoms with Gasteiger partial charge < -0.3 is 10.0 Å². The second kappa shape index (κ2) is 7.13. The Labute approximate surface area is 115 Å². The number of aliphatic hydroxyl groups is 1. The number of hydrogen-bond acceptors (Lipinski definition) is 3. The molecular weight excluding hydrogens is 302 g/mol. The van der Waals surface area contributed by atoms with Crippen LogP contribution < -0.4 is 0 Å². The summed E-state index contributed by atoms with van der Waals surface area (Å²) in [4.78, 5) is 14.6. The molecule has 96 valence electrons. The molecule has 5 heteroatoms. The normalized spacial score (nSPS) is 12.5. The van der Waals surface area contributed by atoms with E-state index in [1.807, 2.05) is 6.07 Å². The Morgan fingerprint density at radius 1 is 1.59 bits per heavy atom. The van der Waals surface area contributed by atoms with Gasteiger partial charge in [0.2, 0.25) is 5.91 Å². The van der Waals surface area contributed by atoms with Crippen molar-refractivity contribution in [1.29, 1.82) is 0 Å². The van der Waals surface area contributed by atoms with E-state index in [-0.39, 0.29) is 5.91 Å². The van der Waals surface area contributed by atoms with Gasteiger partial charge in [-0.15, -0.1) is 11.3 Å². The van der Waals surface area contributed by atoms with Crippen LogP contribution in [0.4, 0.5) is 0 Å².